The molecule has 4 nitrogen and oxygen atoms in total. The van der Waals surface area contributed by atoms with Crippen LogP contribution in [0.3, 0.4) is 0 Å². The van der Waals surface area contributed by atoms with Gasteiger partial charge in [0.2, 0.25) is 0 Å². The van der Waals surface area contributed by atoms with E-state index in [1.54, 1.807) is 6.20 Å². The first-order valence-electron chi connectivity index (χ1n) is 5.24. The largest absolute Gasteiger partial charge is 0.492 e. The van der Waals surface area contributed by atoms with E-state index in [1.807, 2.05) is 25.1 Å². The number of hydrogen-bond acceptors (Lipinski definition) is 3. The van der Waals surface area contributed by atoms with E-state index in [9.17, 15) is 4.79 Å². The quantitative estimate of drug-likeness (QED) is 0.767. The molecule has 2 aromatic rings. The van der Waals surface area contributed by atoms with E-state index in [0.717, 1.165) is 16.7 Å². The molecule has 0 atom stereocenters. The van der Waals surface area contributed by atoms with Crippen LogP contribution in [-0.2, 0) is 0 Å². The summed E-state index contributed by atoms with van der Waals surface area (Å²) in [6.45, 7) is 2.54. The molecule has 3 N–H and O–H groups in total. The van der Waals surface area contributed by atoms with Crippen molar-refractivity contribution in [1.82, 2.24) is 4.98 Å². The van der Waals surface area contributed by atoms with Crippen LogP contribution in [0.25, 0.3) is 10.9 Å². The van der Waals surface area contributed by atoms with Crippen molar-refractivity contribution in [2.24, 2.45) is 5.73 Å². The van der Waals surface area contributed by atoms with Crippen molar-refractivity contribution < 1.29 is 9.53 Å². The minimum absolute atomic E-state index is 0.0197. The molecule has 16 heavy (non-hydrogen) atoms. The highest BCUT2D eigenvalue weighted by atomic mass is 16.5. The number of ketones is 1. The van der Waals surface area contributed by atoms with Gasteiger partial charge < -0.3 is 15.5 Å². The number of hydrogen-bond donors (Lipinski definition) is 2. The standard InChI is InChI=1S/C12H14N2O2/c1-2-16-11-5-3-4-8-9(10(15)6-13)7-14-12(8)11/h3-5,7,14H,2,6,13H2,1H3. The van der Waals surface area contributed by atoms with Gasteiger partial charge in [0.15, 0.2) is 5.78 Å². The van der Waals surface area contributed by atoms with Crippen molar-refractivity contribution in [2.45, 2.75) is 6.92 Å². The van der Waals surface area contributed by atoms with Crippen molar-refractivity contribution in [3.8, 4) is 5.75 Å². The van der Waals surface area contributed by atoms with Gasteiger partial charge in [-0.2, -0.15) is 0 Å². The van der Waals surface area contributed by atoms with E-state index in [-0.39, 0.29) is 12.3 Å². The SMILES string of the molecule is CCOc1cccc2c(C(=O)CN)c[nH]c12. The summed E-state index contributed by atoms with van der Waals surface area (Å²) in [5.41, 5.74) is 6.83. The average Bonchev–Trinajstić information content (AvgIpc) is 2.73. The van der Waals surface area contributed by atoms with Crippen LogP contribution in [0.15, 0.2) is 24.4 Å². The topological polar surface area (TPSA) is 68.1 Å². The van der Waals surface area contributed by atoms with Crippen LogP contribution in [0.2, 0.25) is 0 Å². The number of benzene rings is 1. The lowest BCUT2D eigenvalue weighted by Gasteiger charge is -2.04. The van der Waals surface area contributed by atoms with Gasteiger partial charge in [0.05, 0.1) is 18.7 Å². The minimum atomic E-state index is -0.0695. The summed E-state index contributed by atoms with van der Waals surface area (Å²) >= 11 is 0. The number of carbonyl (C=O) groups is 1. The Hall–Kier alpha value is -1.81. The first-order valence-corrected chi connectivity index (χ1v) is 5.24. The second-order valence-corrected chi connectivity index (χ2v) is 3.44. The van der Waals surface area contributed by atoms with E-state index in [4.69, 9.17) is 10.5 Å². The van der Waals surface area contributed by atoms with Gasteiger partial charge in [0.1, 0.15) is 5.75 Å². The Bertz CT molecular complexity index is 517. The Morgan fingerprint density at radius 2 is 2.31 bits per heavy atom. The highest BCUT2D eigenvalue weighted by Crippen LogP contribution is 2.27. The molecule has 4 heteroatoms. The lowest BCUT2D eigenvalue weighted by molar-refractivity contribution is 0.100. The van der Waals surface area contributed by atoms with Crippen LogP contribution in [-0.4, -0.2) is 23.9 Å². The van der Waals surface area contributed by atoms with Crippen LogP contribution in [0.5, 0.6) is 5.75 Å². The van der Waals surface area contributed by atoms with Crippen LogP contribution < -0.4 is 10.5 Å². The van der Waals surface area contributed by atoms with E-state index < -0.39 is 0 Å². The number of fused-ring (bicyclic) bond motifs is 1. The fourth-order valence-corrected chi connectivity index (χ4v) is 1.74. The predicted octanol–water partition coefficient (Wildman–Crippen LogP) is 1.71. The summed E-state index contributed by atoms with van der Waals surface area (Å²) in [6, 6.07) is 5.63. The van der Waals surface area contributed by atoms with E-state index >= 15 is 0 Å². The third-order valence-corrected chi connectivity index (χ3v) is 2.46. The van der Waals surface area contributed by atoms with E-state index in [0.29, 0.717) is 12.2 Å². The number of carbonyl (C=O) groups excluding carboxylic acids is 1. The number of nitrogens with two attached hydrogens (primary N) is 1. The molecule has 0 fully saturated rings. The van der Waals surface area contributed by atoms with Gasteiger partial charge >= 0.3 is 0 Å². The lowest BCUT2D eigenvalue weighted by atomic mass is 10.1. The highest BCUT2D eigenvalue weighted by molar-refractivity contribution is 6.09. The number of Topliss-reactive ketones (excluding diaryl/α,β-unsaturated/α-hetero) is 1. The van der Waals surface area contributed by atoms with Gasteiger partial charge in [-0.1, -0.05) is 12.1 Å². The number of ether oxygens (including phenoxy) is 1. The van der Waals surface area contributed by atoms with E-state index in [1.165, 1.54) is 0 Å². The molecule has 0 unspecified atom stereocenters. The first-order chi connectivity index (χ1) is 7.77. The summed E-state index contributed by atoms with van der Waals surface area (Å²) in [5.74, 6) is 0.691. The Balaban J connectivity index is 2.56. The normalized spacial score (nSPS) is 10.6. The van der Waals surface area contributed by atoms with Crippen molar-refractivity contribution in [1.29, 1.82) is 0 Å². The Labute approximate surface area is 93.4 Å². The molecule has 1 aromatic heterocycles. The molecule has 84 valence electrons. The zero-order chi connectivity index (χ0) is 11.5. The van der Waals surface area contributed by atoms with Crippen LogP contribution in [0.1, 0.15) is 17.3 Å². The second-order valence-electron chi connectivity index (χ2n) is 3.44. The van der Waals surface area contributed by atoms with Crippen molar-refractivity contribution >= 4 is 16.7 Å². The van der Waals surface area contributed by atoms with Crippen molar-refractivity contribution in [3.63, 3.8) is 0 Å². The number of nitrogens with one attached hydrogen (secondary N) is 1. The van der Waals surface area contributed by atoms with Crippen LogP contribution in [0.4, 0.5) is 0 Å². The third kappa shape index (κ3) is 1.67. The number of aromatic amines is 1. The second kappa shape index (κ2) is 4.37. The fourth-order valence-electron chi connectivity index (χ4n) is 1.74. The van der Waals surface area contributed by atoms with Gasteiger partial charge in [0, 0.05) is 17.1 Å². The molecule has 0 radical (unpaired) electrons. The molecule has 1 heterocycles. The van der Waals surface area contributed by atoms with Crippen LogP contribution in [0, 0.1) is 0 Å². The lowest BCUT2D eigenvalue weighted by Crippen LogP contribution is -2.12. The van der Waals surface area contributed by atoms with Gasteiger partial charge in [-0.15, -0.1) is 0 Å². The maximum Gasteiger partial charge on any atom is 0.178 e. The number of aromatic nitrogens is 1. The molecule has 0 aliphatic carbocycles. The summed E-state index contributed by atoms with van der Waals surface area (Å²) in [6.07, 6.45) is 1.68. The summed E-state index contributed by atoms with van der Waals surface area (Å²) in [5, 5.41) is 0.862. The Morgan fingerprint density at radius 1 is 1.50 bits per heavy atom. The molecule has 0 aliphatic heterocycles. The molecular weight excluding hydrogens is 204 g/mol. The molecule has 0 spiro atoms. The first kappa shape index (κ1) is 10.7. The molecule has 1 aromatic carbocycles. The molecule has 2 rings (SSSR count). The summed E-state index contributed by atoms with van der Waals surface area (Å²) in [4.78, 5) is 14.6. The maximum absolute atomic E-state index is 11.6. The summed E-state index contributed by atoms with van der Waals surface area (Å²) in [7, 11) is 0. The van der Waals surface area contributed by atoms with Gasteiger partial charge in [-0.3, -0.25) is 4.79 Å². The van der Waals surface area contributed by atoms with Gasteiger partial charge in [-0.05, 0) is 13.0 Å². The Kier molecular flexibility index (Phi) is 2.92. The van der Waals surface area contributed by atoms with Crippen molar-refractivity contribution in [2.75, 3.05) is 13.2 Å². The zero-order valence-electron chi connectivity index (χ0n) is 9.12. The molecule has 0 saturated heterocycles. The minimum Gasteiger partial charge on any atom is -0.492 e. The molecular formula is C12H14N2O2. The molecule has 0 aliphatic rings. The monoisotopic (exact) mass is 218 g/mol. The molecule has 0 bridgehead atoms. The highest BCUT2D eigenvalue weighted by Gasteiger charge is 2.12. The predicted molar refractivity (Wildman–Crippen MR) is 62.9 cm³/mol. The zero-order valence-corrected chi connectivity index (χ0v) is 9.12. The van der Waals surface area contributed by atoms with Crippen molar-refractivity contribution in [3.05, 3.63) is 30.0 Å². The maximum atomic E-state index is 11.6. The third-order valence-electron chi connectivity index (χ3n) is 2.46. The average molecular weight is 218 g/mol. The van der Waals surface area contributed by atoms with Crippen LogP contribution >= 0.6 is 0 Å². The molecule has 0 saturated carbocycles. The molecule has 0 amide bonds. The smallest absolute Gasteiger partial charge is 0.178 e. The number of rotatable bonds is 4. The van der Waals surface area contributed by atoms with Gasteiger partial charge in [-0.25, -0.2) is 0 Å². The van der Waals surface area contributed by atoms with Gasteiger partial charge in [0.25, 0.3) is 0 Å². The van der Waals surface area contributed by atoms with E-state index in [2.05, 4.69) is 4.98 Å². The number of H-pyrrole nitrogens is 1. The Morgan fingerprint density at radius 3 is 3.00 bits per heavy atom. The fraction of sp³-hybridized carbons (Fsp3) is 0.250. The summed E-state index contributed by atoms with van der Waals surface area (Å²) < 4.78 is 5.47. The number of para-hydroxylation sites is 1.